The number of amides is 2. The third-order valence-electron chi connectivity index (χ3n) is 2.45. The molecule has 3 N–H and O–H groups in total. The van der Waals surface area contributed by atoms with Gasteiger partial charge in [0.2, 0.25) is 0 Å². The van der Waals surface area contributed by atoms with Gasteiger partial charge in [-0.15, -0.1) is 0 Å². The number of hydrogen-bond acceptors (Lipinski definition) is 3. The predicted molar refractivity (Wildman–Crippen MR) is 69.7 cm³/mol. The van der Waals surface area contributed by atoms with E-state index in [1.165, 1.54) is 0 Å². The quantitative estimate of drug-likeness (QED) is 0.638. The van der Waals surface area contributed by atoms with Gasteiger partial charge in [0.15, 0.2) is 0 Å². The fourth-order valence-electron chi connectivity index (χ4n) is 1.65. The lowest BCUT2D eigenvalue weighted by Crippen LogP contribution is -2.49. The highest BCUT2D eigenvalue weighted by molar-refractivity contribution is 5.76. The summed E-state index contributed by atoms with van der Waals surface area (Å²) in [5.41, 5.74) is -0.766. The largest absolute Gasteiger partial charge is 0.481 e. The summed E-state index contributed by atoms with van der Waals surface area (Å²) in [7, 11) is 0. The SMILES string of the molecule is CC(C)(CC(=O)O)NC(=O)NCCCn1cccn1. The lowest BCUT2D eigenvalue weighted by Gasteiger charge is -2.24. The predicted octanol–water partition coefficient (Wildman–Crippen LogP) is 0.826. The summed E-state index contributed by atoms with van der Waals surface area (Å²) in [5, 5.41) is 18.1. The van der Waals surface area contributed by atoms with Gasteiger partial charge >= 0.3 is 12.0 Å². The van der Waals surface area contributed by atoms with Crippen molar-refractivity contribution in [3.05, 3.63) is 18.5 Å². The van der Waals surface area contributed by atoms with Crippen molar-refractivity contribution in [1.82, 2.24) is 20.4 Å². The summed E-state index contributed by atoms with van der Waals surface area (Å²) in [6.45, 7) is 4.58. The van der Waals surface area contributed by atoms with Crippen molar-refractivity contribution in [2.75, 3.05) is 6.54 Å². The number of urea groups is 1. The molecule has 0 spiro atoms. The van der Waals surface area contributed by atoms with E-state index in [9.17, 15) is 9.59 Å². The van der Waals surface area contributed by atoms with Gasteiger partial charge in [-0.1, -0.05) is 0 Å². The zero-order valence-corrected chi connectivity index (χ0v) is 11.2. The molecule has 0 bridgehead atoms. The smallest absolute Gasteiger partial charge is 0.315 e. The van der Waals surface area contributed by atoms with Gasteiger partial charge in [-0.25, -0.2) is 4.79 Å². The Morgan fingerprint density at radius 1 is 1.42 bits per heavy atom. The molecule has 1 rings (SSSR count). The Morgan fingerprint density at radius 2 is 2.16 bits per heavy atom. The van der Waals surface area contributed by atoms with Gasteiger partial charge < -0.3 is 15.7 Å². The number of carboxylic acid groups (broad SMARTS) is 1. The first-order chi connectivity index (χ1) is 8.89. The molecule has 2 amide bonds. The molecule has 0 aliphatic carbocycles. The Labute approximate surface area is 112 Å². The number of aryl methyl sites for hydroxylation is 1. The number of carbonyl (C=O) groups excluding carboxylic acids is 1. The summed E-state index contributed by atoms with van der Waals surface area (Å²) < 4.78 is 1.79. The van der Waals surface area contributed by atoms with Crippen LogP contribution >= 0.6 is 0 Å². The fraction of sp³-hybridized carbons (Fsp3) is 0.583. The monoisotopic (exact) mass is 268 g/mol. The van der Waals surface area contributed by atoms with Crippen LogP contribution in [0.3, 0.4) is 0 Å². The second-order valence-corrected chi connectivity index (χ2v) is 4.96. The second-order valence-electron chi connectivity index (χ2n) is 4.96. The van der Waals surface area contributed by atoms with Gasteiger partial charge in [0, 0.05) is 31.0 Å². The molecule has 0 radical (unpaired) electrons. The number of rotatable bonds is 7. The summed E-state index contributed by atoms with van der Waals surface area (Å²) in [4.78, 5) is 22.2. The molecule has 0 saturated carbocycles. The summed E-state index contributed by atoms with van der Waals surface area (Å²) >= 11 is 0. The first-order valence-corrected chi connectivity index (χ1v) is 6.14. The molecule has 19 heavy (non-hydrogen) atoms. The molecular weight excluding hydrogens is 248 g/mol. The van der Waals surface area contributed by atoms with Crippen LogP contribution in [0.15, 0.2) is 18.5 Å². The van der Waals surface area contributed by atoms with Crippen molar-refractivity contribution < 1.29 is 14.7 Å². The normalized spacial score (nSPS) is 11.1. The molecule has 0 unspecified atom stereocenters. The highest BCUT2D eigenvalue weighted by Crippen LogP contribution is 2.07. The highest BCUT2D eigenvalue weighted by atomic mass is 16.4. The average Bonchev–Trinajstić information content (AvgIpc) is 2.74. The van der Waals surface area contributed by atoms with Gasteiger partial charge in [-0.05, 0) is 26.3 Å². The molecule has 0 aliphatic heterocycles. The van der Waals surface area contributed by atoms with E-state index in [0.29, 0.717) is 6.54 Å². The van der Waals surface area contributed by atoms with Crippen molar-refractivity contribution in [3.63, 3.8) is 0 Å². The second kappa shape index (κ2) is 6.77. The first kappa shape index (κ1) is 15.0. The van der Waals surface area contributed by atoms with Crippen LogP contribution in [0.4, 0.5) is 4.79 Å². The molecule has 0 aliphatic rings. The minimum atomic E-state index is -0.941. The molecule has 7 nitrogen and oxygen atoms in total. The maximum atomic E-state index is 11.6. The van der Waals surface area contributed by atoms with Gasteiger partial charge in [-0.3, -0.25) is 9.48 Å². The van der Waals surface area contributed by atoms with Crippen molar-refractivity contribution in [2.24, 2.45) is 0 Å². The van der Waals surface area contributed by atoms with E-state index in [1.807, 2.05) is 12.3 Å². The van der Waals surface area contributed by atoms with Gasteiger partial charge in [0.1, 0.15) is 0 Å². The topological polar surface area (TPSA) is 96.3 Å². The molecule has 0 fully saturated rings. The number of carbonyl (C=O) groups is 2. The molecule has 1 aromatic heterocycles. The van der Waals surface area contributed by atoms with Crippen LogP contribution in [0, 0.1) is 0 Å². The van der Waals surface area contributed by atoms with Gasteiger partial charge in [-0.2, -0.15) is 5.10 Å². The Bertz CT molecular complexity index is 415. The molecule has 7 heteroatoms. The number of nitrogens with one attached hydrogen (secondary N) is 2. The maximum absolute atomic E-state index is 11.6. The van der Waals surface area contributed by atoms with E-state index in [-0.39, 0.29) is 12.5 Å². The number of aromatic nitrogens is 2. The number of carboxylic acids is 1. The van der Waals surface area contributed by atoms with Crippen LogP contribution in [0.1, 0.15) is 26.7 Å². The van der Waals surface area contributed by atoms with Crippen LogP contribution in [0.5, 0.6) is 0 Å². The van der Waals surface area contributed by atoms with Gasteiger partial charge in [0.05, 0.1) is 6.42 Å². The Hall–Kier alpha value is -2.05. The molecular formula is C12H20N4O3. The first-order valence-electron chi connectivity index (χ1n) is 6.14. The highest BCUT2D eigenvalue weighted by Gasteiger charge is 2.23. The lowest BCUT2D eigenvalue weighted by molar-refractivity contribution is -0.138. The fourth-order valence-corrected chi connectivity index (χ4v) is 1.65. The molecule has 0 atom stereocenters. The maximum Gasteiger partial charge on any atom is 0.315 e. The summed E-state index contributed by atoms with van der Waals surface area (Å²) in [6, 6.07) is 1.49. The van der Waals surface area contributed by atoms with E-state index < -0.39 is 11.5 Å². The van der Waals surface area contributed by atoms with E-state index in [2.05, 4.69) is 15.7 Å². The Balaban J connectivity index is 2.18. The van der Waals surface area contributed by atoms with Crippen molar-refractivity contribution in [3.8, 4) is 0 Å². The standard InChI is InChI=1S/C12H20N4O3/c1-12(2,9-10(17)18)15-11(19)13-5-3-7-16-8-4-6-14-16/h4,6,8H,3,5,7,9H2,1-2H3,(H,17,18)(H2,13,15,19). The molecule has 1 aromatic rings. The summed E-state index contributed by atoms with van der Waals surface area (Å²) in [6.07, 6.45) is 4.20. The Kier molecular flexibility index (Phi) is 5.35. The number of hydrogen-bond donors (Lipinski definition) is 3. The number of nitrogens with zero attached hydrogens (tertiary/aromatic N) is 2. The molecule has 0 aromatic carbocycles. The zero-order chi connectivity index (χ0) is 14.3. The molecule has 0 saturated heterocycles. The van der Waals surface area contributed by atoms with Crippen LogP contribution in [0.2, 0.25) is 0 Å². The molecule has 1 heterocycles. The van der Waals surface area contributed by atoms with Crippen LogP contribution in [0.25, 0.3) is 0 Å². The molecule has 106 valence electrons. The third-order valence-corrected chi connectivity index (χ3v) is 2.45. The third kappa shape index (κ3) is 6.44. The van der Waals surface area contributed by atoms with Crippen molar-refractivity contribution >= 4 is 12.0 Å². The minimum Gasteiger partial charge on any atom is -0.481 e. The Morgan fingerprint density at radius 3 is 2.74 bits per heavy atom. The zero-order valence-electron chi connectivity index (χ0n) is 11.2. The minimum absolute atomic E-state index is 0.117. The van der Waals surface area contributed by atoms with Crippen LogP contribution < -0.4 is 10.6 Å². The lowest BCUT2D eigenvalue weighted by atomic mass is 10.0. The van der Waals surface area contributed by atoms with Crippen molar-refractivity contribution in [1.29, 1.82) is 0 Å². The van der Waals surface area contributed by atoms with E-state index in [4.69, 9.17) is 5.11 Å². The van der Waals surface area contributed by atoms with Crippen LogP contribution in [-0.4, -0.2) is 39.0 Å². The van der Waals surface area contributed by atoms with E-state index >= 15 is 0 Å². The van der Waals surface area contributed by atoms with E-state index in [1.54, 1.807) is 24.7 Å². The number of aliphatic carboxylic acids is 1. The average molecular weight is 268 g/mol. The van der Waals surface area contributed by atoms with Crippen LogP contribution in [-0.2, 0) is 11.3 Å². The van der Waals surface area contributed by atoms with Gasteiger partial charge in [0.25, 0.3) is 0 Å². The van der Waals surface area contributed by atoms with E-state index in [0.717, 1.165) is 13.0 Å². The summed E-state index contributed by atoms with van der Waals surface area (Å²) in [5.74, 6) is -0.941. The van der Waals surface area contributed by atoms with Crippen molar-refractivity contribution in [2.45, 2.75) is 38.8 Å².